The second-order valence-corrected chi connectivity index (χ2v) is 9.99. The third-order valence-electron chi connectivity index (χ3n) is 7.97. The molecule has 2 fully saturated rings. The molecule has 0 heterocycles. The highest BCUT2D eigenvalue weighted by Gasteiger charge is 2.25. The first-order valence-electron chi connectivity index (χ1n) is 12.3. The lowest BCUT2D eigenvalue weighted by atomic mass is 9.74. The van der Waals surface area contributed by atoms with Gasteiger partial charge in [0.05, 0.1) is 0 Å². The molecule has 3 rings (SSSR count). The molecule has 0 radical (unpaired) electrons. The van der Waals surface area contributed by atoms with Crippen LogP contribution in [0.25, 0.3) is 0 Å². The summed E-state index contributed by atoms with van der Waals surface area (Å²) in [6.45, 7) is 7.10. The summed E-state index contributed by atoms with van der Waals surface area (Å²) in [5, 5.41) is 0. The monoisotopic (exact) mass is 368 g/mol. The van der Waals surface area contributed by atoms with E-state index in [1.807, 2.05) is 0 Å². The van der Waals surface area contributed by atoms with Crippen LogP contribution < -0.4 is 0 Å². The molecule has 2 saturated carbocycles. The molecule has 0 N–H and O–H groups in total. The van der Waals surface area contributed by atoms with Crippen LogP contribution in [0.3, 0.4) is 0 Å². The summed E-state index contributed by atoms with van der Waals surface area (Å²) in [5.74, 6) is 4.60. The van der Waals surface area contributed by atoms with E-state index in [2.05, 4.69) is 45.0 Å². The highest BCUT2D eigenvalue weighted by Crippen LogP contribution is 2.40. The van der Waals surface area contributed by atoms with E-state index in [4.69, 9.17) is 0 Å². The molecule has 0 saturated heterocycles. The highest BCUT2D eigenvalue weighted by molar-refractivity contribution is 5.28. The first kappa shape index (κ1) is 20.9. The van der Waals surface area contributed by atoms with Gasteiger partial charge >= 0.3 is 0 Å². The summed E-state index contributed by atoms with van der Waals surface area (Å²) < 4.78 is 0. The van der Waals surface area contributed by atoms with Crippen molar-refractivity contribution < 1.29 is 0 Å². The van der Waals surface area contributed by atoms with E-state index in [0.717, 1.165) is 29.6 Å². The van der Waals surface area contributed by atoms with Gasteiger partial charge < -0.3 is 0 Å². The predicted molar refractivity (Wildman–Crippen MR) is 119 cm³/mol. The molecule has 0 nitrogen and oxygen atoms in total. The standard InChI is InChI=1S/C27H44/c1-4-6-7-22-8-12-24(13-9-22)26-16-18-27(19-17-26)25-14-10-23(11-15-25)20-21(3)5-2/h16-19,21-25H,4-15,20H2,1-3H3/t21?,22-,23-,24-,25-. The minimum Gasteiger partial charge on any atom is -0.0654 e. The fourth-order valence-corrected chi connectivity index (χ4v) is 5.78. The van der Waals surface area contributed by atoms with Gasteiger partial charge in [-0.05, 0) is 98.5 Å². The Hall–Kier alpha value is -0.780. The van der Waals surface area contributed by atoms with Crippen molar-refractivity contribution in [3.05, 3.63) is 35.4 Å². The van der Waals surface area contributed by atoms with Gasteiger partial charge in [-0.1, -0.05) is 70.7 Å². The molecule has 0 heteroatoms. The second-order valence-electron chi connectivity index (χ2n) is 9.99. The molecule has 2 aliphatic rings. The molecular formula is C27H44. The zero-order chi connectivity index (χ0) is 19.1. The first-order valence-corrected chi connectivity index (χ1v) is 12.3. The molecule has 0 bridgehead atoms. The maximum absolute atomic E-state index is 2.48. The average molecular weight is 369 g/mol. The lowest BCUT2D eigenvalue weighted by Crippen LogP contribution is -2.16. The van der Waals surface area contributed by atoms with Crippen LogP contribution in [-0.2, 0) is 0 Å². The topological polar surface area (TPSA) is 0 Å². The molecule has 152 valence electrons. The Bertz CT molecular complexity index is 511. The average Bonchev–Trinajstić information content (AvgIpc) is 2.73. The zero-order valence-corrected chi connectivity index (χ0v) is 18.4. The summed E-state index contributed by atoms with van der Waals surface area (Å²) in [6.07, 6.45) is 18.6. The number of unbranched alkanes of at least 4 members (excludes halogenated alkanes) is 1. The van der Waals surface area contributed by atoms with Crippen LogP contribution in [0, 0.1) is 17.8 Å². The van der Waals surface area contributed by atoms with Gasteiger partial charge in [0.1, 0.15) is 0 Å². The number of hydrogen-bond donors (Lipinski definition) is 0. The molecule has 1 aromatic carbocycles. The fourth-order valence-electron chi connectivity index (χ4n) is 5.78. The number of benzene rings is 1. The Kier molecular flexibility index (Phi) is 8.28. The van der Waals surface area contributed by atoms with Gasteiger partial charge in [-0.2, -0.15) is 0 Å². The lowest BCUT2D eigenvalue weighted by Gasteiger charge is -2.31. The van der Waals surface area contributed by atoms with Crippen molar-refractivity contribution in [3.63, 3.8) is 0 Å². The minimum atomic E-state index is 0.831. The third-order valence-corrected chi connectivity index (χ3v) is 7.97. The minimum absolute atomic E-state index is 0.831. The van der Waals surface area contributed by atoms with Gasteiger partial charge in [-0.15, -0.1) is 0 Å². The molecule has 1 unspecified atom stereocenters. The smallest absolute Gasteiger partial charge is 0.0162 e. The third kappa shape index (κ3) is 6.10. The lowest BCUT2D eigenvalue weighted by molar-refractivity contribution is 0.273. The molecule has 1 aromatic rings. The van der Waals surface area contributed by atoms with Crippen molar-refractivity contribution in [1.29, 1.82) is 0 Å². The van der Waals surface area contributed by atoms with Gasteiger partial charge in [0.15, 0.2) is 0 Å². The molecular weight excluding hydrogens is 324 g/mol. The van der Waals surface area contributed by atoms with Crippen molar-refractivity contribution in [2.75, 3.05) is 0 Å². The van der Waals surface area contributed by atoms with Crippen molar-refractivity contribution in [3.8, 4) is 0 Å². The molecule has 0 aromatic heterocycles. The Labute approximate surface area is 169 Å². The predicted octanol–water partition coefficient (Wildman–Crippen LogP) is 8.86. The van der Waals surface area contributed by atoms with Crippen molar-refractivity contribution >= 4 is 0 Å². The van der Waals surface area contributed by atoms with Crippen molar-refractivity contribution in [2.45, 2.75) is 116 Å². The summed E-state index contributed by atoms with van der Waals surface area (Å²) >= 11 is 0. The molecule has 0 aliphatic heterocycles. The van der Waals surface area contributed by atoms with Crippen LogP contribution in [0.5, 0.6) is 0 Å². The number of hydrogen-bond acceptors (Lipinski definition) is 0. The van der Waals surface area contributed by atoms with Crippen LogP contribution in [0.1, 0.15) is 127 Å². The first-order chi connectivity index (χ1) is 13.2. The maximum Gasteiger partial charge on any atom is -0.0162 e. The summed E-state index contributed by atoms with van der Waals surface area (Å²) in [4.78, 5) is 0. The van der Waals surface area contributed by atoms with E-state index >= 15 is 0 Å². The van der Waals surface area contributed by atoms with Crippen LogP contribution in [0.2, 0.25) is 0 Å². The highest BCUT2D eigenvalue weighted by atomic mass is 14.3. The second kappa shape index (κ2) is 10.7. The van der Waals surface area contributed by atoms with Crippen LogP contribution in [0.4, 0.5) is 0 Å². The van der Waals surface area contributed by atoms with E-state index in [1.165, 1.54) is 83.5 Å². The van der Waals surface area contributed by atoms with Crippen molar-refractivity contribution in [1.82, 2.24) is 0 Å². The van der Waals surface area contributed by atoms with Gasteiger partial charge in [0.2, 0.25) is 0 Å². The Balaban J connectivity index is 1.46. The van der Waals surface area contributed by atoms with E-state index in [0.29, 0.717) is 0 Å². The van der Waals surface area contributed by atoms with E-state index in [1.54, 1.807) is 11.1 Å². The molecule has 0 spiro atoms. The largest absolute Gasteiger partial charge is 0.0654 e. The molecule has 1 atom stereocenters. The number of rotatable bonds is 8. The quantitative estimate of drug-likeness (QED) is 0.430. The van der Waals surface area contributed by atoms with Gasteiger partial charge in [0.25, 0.3) is 0 Å². The van der Waals surface area contributed by atoms with Crippen LogP contribution in [-0.4, -0.2) is 0 Å². The van der Waals surface area contributed by atoms with Crippen LogP contribution in [0.15, 0.2) is 24.3 Å². The van der Waals surface area contributed by atoms with E-state index in [-0.39, 0.29) is 0 Å². The van der Waals surface area contributed by atoms with Crippen molar-refractivity contribution in [2.24, 2.45) is 17.8 Å². The Morgan fingerprint density at radius 3 is 1.67 bits per heavy atom. The summed E-state index contributed by atoms with van der Waals surface area (Å²) in [5.41, 5.74) is 3.25. The molecule has 0 amide bonds. The van der Waals surface area contributed by atoms with Gasteiger partial charge in [0, 0.05) is 0 Å². The van der Waals surface area contributed by atoms with Gasteiger partial charge in [-0.3, -0.25) is 0 Å². The molecule has 27 heavy (non-hydrogen) atoms. The molecule has 2 aliphatic carbocycles. The van der Waals surface area contributed by atoms with E-state index in [9.17, 15) is 0 Å². The Morgan fingerprint density at radius 2 is 1.22 bits per heavy atom. The van der Waals surface area contributed by atoms with Crippen LogP contribution >= 0.6 is 0 Å². The summed E-state index contributed by atoms with van der Waals surface area (Å²) in [7, 11) is 0. The normalized spacial score (nSPS) is 30.2. The zero-order valence-electron chi connectivity index (χ0n) is 18.4. The van der Waals surface area contributed by atoms with E-state index < -0.39 is 0 Å². The van der Waals surface area contributed by atoms with Gasteiger partial charge in [-0.25, -0.2) is 0 Å². The fraction of sp³-hybridized carbons (Fsp3) is 0.778. The summed E-state index contributed by atoms with van der Waals surface area (Å²) in [6, 6.07) is 9.94. The SMILES string of the molecule is CCCC[C@H]1CC[C@H](c2ccc([C@H]3CC[C@H](CC(C)CC)CC3)cc2)CC1. The maximum atomic E-state index is 2.48. The Morgan fingerprint density at radius 1 is 0.741 bits per heavy atom.